The summed E-state index contributed by atoms with van der Waals surface area (Å²) >= 11 is 7.58. The van der Waals surface area contributed by atoms with E-state index in [9.17, 15) is 19.1 Å². The summed E-state index contributed by atoms with van der Waals surface area (Å²) in [5, 5.41) is 16.2. The van der Waals surface area contributed by atoms with Gasteiger partial charge in [-0.1, -0.05) is 17.7 Å². The predicted molar refractivity (Wildman–Crippen MR) is 139 cm³/mol. The number of fused-ring (bicyclic) bond motifs is 1. The molecule has 3 aromatic rings. The average Bonchev–Trinajstić information content (AvgIpc) is 3.34. The largest absolute Gasteiger partial charge is 0.507 e. The number of pyridine rings is 1. The smallest absolute Gasteiger partial charge is 0.257 e. The van der Waals surface area contributed by atoms with Gasteiger partial charge in [0.05, 0.1) is 11.8 Å². The molecular weight excluding hydrogens is 517 g/mol. The van der Waals surface area contributed by atoms with Crippen molar-refractivity contribution in [2.24, 2.45) is 0 Å². The highest BCUT2D eigenvalue weighted by Gasteiger charge is 2.26. The molecule has 2 heterocycles. The van der Waals surface area contributed by atoms with Crippen LogP contribution in [0.3, 0.4) is 0 Å². The quantitative estimate of drug-likeness (QED) is 0.381. The normalized spacial score (nSPS) is 18.6. The first kappa shape index (κ1) is 25.4. The maximum Gasteiger partial charge on any atom is 0.257 e. The molecule has 2 amide bonds. The highest BCUT2D eigenvalue weighted by atomic mass is 35.5. The predicted octanol–water partition coefficient (Wildman–Crippen LogP) is 5.49. The fraction of sp³-hybridized carbons (Fsp3) is 0.296. The van der Waals surface area contributed by atoms with Crippen LogP contribution in [-0.2, 0) is 6.42 Å². The van der Waals surface area contributed by atoms with E-state index in [1.807, 2.05) is 18.2 Å². The maximum absolute atomic E-state index is 14.0. The molecular formula is C27H25ClFN3O4S. The van der Waals surface area contributed by atoms with Crippen molar-refractivity contribution in [1.82, 2.24) is 15.6 Å². The lowest BCUT2D eigenvalue weighted by Crippen LogP contribution is -2.43. The summed E-state index contributed by atoms with van der Waals surface area (Å²) in [6.07, 6.45) is 4.58. The summed E-state index contributed by atoms with van der Waals surface area (Å²) in [4.78, 5) is 30.8. The Balaban J connectivity index is 1.19. The van der Waals surface area contributed by atoms with E-state index in [0.717, 1.165) is 29.3 Å². The lowest BCUT2D eigenvalue weighted by molar-refractivity contribution is 0.0888. The van der Waals surface area contributed by atoms with Crippen LogP contribution in [-0.4, -0.2) is 39.7 Å². The number of hydrogen-bond acceptors (Lipinski definition) is 6. The second kappa shape index (κ2) is 11.0. The van der Waals surface area contributed by atoms with Gasteiger partial charge >= 0.3 is 0 Å². The molecule has 0 radical (unpaired) electrons. The molecule has 3 N–H and O–H groups in total. The van der Waals surface area contributed by atoms with Gasteiger partial charge in [0.2, 0.25) is 5.88 Å². The topological polar surface area (TPSA) is 101 Å². The van der Waals surface area contributed by atoms with Crippen molar-refractivity contribution >= 4 is 35.2 Å². The molecule has 1 aromatic heterocycles. The number of amides is 2. The highest BCUT2D eigenvalue weighted by molar-refractivity contribution is 7.99. The Morgan fingerprint density at radius 2 is 1.70 bits per heavy atom. The highest BCUT2D eigenvalue weighted by Crippen LogP contribution is 2.35. The van der Waals surface area contributed by atoms with E-state index in [0.29, 0.717) is 36.5 Å². The van der Waals surface area contributed by atoms with Crippen LogP contribution in [0.5, 0.6) is 17.4 Å². The molecule has 5 rings (SSSR count). The Kier molecular flexibility index (Phi) is 7.53. The molecule has 2 aromatic carbocycles. The van der Waals surface area contributed by atoms with Crippen molar-refractivity contribution < 1.29 is 23.8 Å². The van der Waals surface area contributed by atoms with Crippen LogP contribution in [0, 0.1) is 5.82 Å². The van der Waals surface area contributed by atoms with Crippen LogP contribution < -0.4 is 15.4 Å². The number of phenols is 1. The zero-order chi connectivity index (χ0) is 25.9. The summed E-state index contributed by atoms with van der Waals surface area (Å²) in [5.41, 5.74) is 1.45. The Morgan fingerprint density at radius 1 is 1.00 bits per heavy atom. The number of aromatic nitrogens is 1. The maximum atomic E-state index is 14.0. The van der Waals surface area contributed by atoms with Gasteiger partial charge in [-0.3, -0.25) is 9.59 Å². The number of ether oxygens (including phenoxy) is 1. The molecule has 1 aliphatic heterocycles. The number of carbonyl (C=O) groups is 2. The molecule has 0 atom stereocenters. The van der Waals surface area contributed by atoms with E-state index in [-0.39, 0.29) is 40.7 Å². The molecule has 192 valence electrons. The number of aryl methyl sites for hydroxylation is 1. The summed E-state index contributed by atoms with van der Waals surface area (Å²) in [7, 11) is 0. The van der Waals surface area contributed by atoms with Gasteiger partial charge < -0.3 is 20.5 Å². The van der Waals surface area contributed by atoms with Gasteiger partial charge in [0.25, 0.3) is 11.8 Å². The number of phenolic OH excluding ortho intramolecular Hbond substituents is 1. The molecule has 1 saturated carbocycles. The van der Waals surface area contributed by atoms with E-state index in [1.165, 1.54) is 17.7 Å². The summed E-state index contributed by atoms with van der Waals surface area (Å²) in [5.74, 6) is -0.0214. The van der Waals surface area contributed by atoms with Crippen LogP contribution in [0.4, 0.5) is 4.39 Å². The van der Waals surface area contributed by atoms with Gasteiger partial charge in [-0.2, -0.15) is 0 Å². The monoisotopic (exact) mass is 541 g/mol. The number of halogens is 2. The number of hydrogen-bond donors (Lipinski definition) is 3. The zero-order valence-corrected chi connectivity index (χ0v) is 21.4. The lowest BCUT2D eigenvalue weighted by atomic mass is 9.90. The first-order valence-electron chi connectivity index (χ1n) is 12.0. The van der Waals surface area contributed by atoms with Crippen LogP contribution in [0.2, 0.25) is 5.02 Å². The number of benzene rings is 2. The van der Waals surface area contributed by atoms with Crippen molar-refractivity contribution in [3.63, 3.8) is 0 Å². The van der Waals surface area contributed by atoms with E-state index >= 15 is 0 Å². The summed E-state index contributed by atoms with van der Waals surface area (Å²) in [6.45, 7) is 0. The van der Waals surface area contributed by atoms with E-state index < -0.39 is 11.7 Å². The molecule has 2 aliphatic rings. The van der Waals surface area contributed by atoms with Gasteiger partial charge in [0, 0.05) is 27.8 Å². The average molecular weight is 542 g/mol. The van der Waals surface area contributed by atoms with Gasteiger partial charge in [-0.25, -0.2) is 9.37 Å². The minimum atomic E-state index is -0.626. The minimum absolute atomic E-state index is 0.0294. The third-order valence-corrected chi connectivity index (χ3v) is 7.88. The second-order valence-corrected chi connectivity index (χ2v) is 10.7. The van der Waals surface area contributed by atoms with Crippen LogP contribution >= 0.6 is 23.4 Å². The number of aromatic hydroxyl groups is 1. The van der Waals surface area contributed by atoms with Gasteiger partial charge in [0.1, 0.15) is 22.9 Å². The van der Waals surface area contributed by atoms with Gasteiger partial charge in [-0.15, -0.1) is 11.8 Å². The Hall–Kier alpha value is -3.30. The van der Waals surface area contributed by atoms with Crippen LogP contribution in [0.1, 0.15) is 52.0 Å². The molecule has 0 unspecified atom stereocenters. The minimum Gasteiger partial charge on any atom is -0.507 e. The van der Waals surface area contributed by atoms with E-state index in [1.54, 1.807) is 17.8 Å². The molecule has 10 heteroatoms. The Labute approximate surface area is 222 Å². The number of rotatable bonds is 6. The van der Waals surface area contributed by atoms with Crippen LogP contribution in [0.15, 0.2) is 53.6 Å². The van der Waals surface area contributed by atoms with Crippen molar-refractivity contribution in [2.75, 3.05) is 5.75 Å². The second-order valence-electron chi connectivity index (χ2n) is 9.13. The van der Waals surface area contributed by atoms with E-state index in [4.69, 9.17) is 16.3 Å². The molecule has 0 saturated heterocycles. The third kappa shape index (κ3) is 5.99. The fourth-order valence-corrected chi connectivity index (χ4v) is 5.86. The van der Waals surface area contributed by atoms with Gasteiger partial charge in [-0.05, 0) is 74.1 Å². The molecule has 1 fully saturated rings. The molecule has 37 heavy (non-hydrogen) atoms. The lowest BCUT2D eigenvalue weighted by Gasteiger charge is -2.29. The zero-order valence-electron chi connectivity index (χ0n) is 19.8. The van der Waals surface area contributed by atoms with Crippen molar-refractivity contribution in [3.8, 4) is 17.4 Å². The van der Waals surface area contributed by atoms with Crippen molar-refractivity contribution in [3.05, 3.63) is 76.2 Å². The molecule has 7 nitrogen and oxygen atoms in total. The Morgan fingerprint density at radius 3 is 2.41 bits per heavy atom. The van der Waals surface area contributed by atoms with Crippen LogP contribution in [0.25, 0.3) is 0 Å². The number of carbonyl (C=O) groups excluding carboxylic acids is 2. The number of nitrogens with one attached hydrogen (secondary N) is 2. The molecule has 0 bridgehead atoms. The number of nitrogens with zero attached hydrogens (tertiary/aromatic N) is 1. The van der Waals surface area contributed by atoms with Crippen molar-refractivity contribution in [1.29, 1.82) is 0 Å². The SMILES string of the molecule is O=C(NC1CCC(NC(=O)c2cc(F)cnc2Oc2ccc3c(c2)SCC3)CC1)c1ccc(Cl)cc1O. The first-order chi connectivity index (χ1) is 17.9. The summed E-state index contributed by atoms with van der Waals surface area (Å²) in [6, 6.07) is 11.0. The molecule has 1 aliphatic carbocycles. The number of thioether (sulfide) groups is 1. The fourth-order valence-electron chi connectivity index (χ4n) is 4.60. The van der Waals surface area contributed by atoms with E-state index in [2.05, 4.69) is 15.6 Å². The Bertz CT molecular complexity index is 1350. The molecule has 0 spiro atoms. The third-order valence-electron chi connectivity index (χ3n) is 6.55. The standard InChI is InChI=1S/C27H25ClFN3O4S/c28-16-2-8-21(23(33)11-16)25(34)31-18-3-5-19(6-4-18)32-26(35)22-12-17(29)14-30-27(22)36-20-7-1-15-9-10-37-24(15)13-20/h1-2,7-8,11-14,18-19,33H,3-6,9-10H2,(H,31,34)(H,32,35). The van der Waals surface area contributed by atoms with Gasteiger partial charge in [0.15, 0.2) is 0 Å². The van der Waals surface area contributed by atoms with Crippen molar-refractivity contribution in [2.45, 2.75) is 49.1 Å². The first-order valence-corrected chi connectivity index (χ1v) is 13.4. The summed E-state index contributed by atoms with van der Waals surface area (Å²) < 4.78 is 19.9.